The minimum atomic E-state index is 0.218. The summed E-state index contributed by atoms with van der Waals surface area (Å²) in [5, 5.41) is 7.28. The molecular weight excluding hydrogens is 200 g/mol. The molecule has 1 aromatic rings. The molecule has 3 heteroatoms. The minimum absolute atomic E-state index is 0.218. The molecule has 0 aliphatic rings. The summed E-state index contributed by atoms with van der Waals surface area (Å²) < 4.78 is 5.41. The molecule has 0 radical (unpaired) electrons. The van der Waals surface area contributed by atoms with Gasteiger partial charge in [-0.2, -0.15) is 0 Å². The maximum atomic E-state index is 7.28. The Morgan fingerprint density at radius 2 is 2.12 bits per heavy atom. The first-order valence-corrected chi connectivity index (χ1v) is 4.83. The van der Waals surface area contributed by atoms with Crippen molar-refractivity contribution in [1.82, 2.24) is 4.90 Å². The lowest BCUT2D eigenvalue weighted by Crippen LogP contribution is -2.11. The second kappa shape index (κ2) is 5.65. The molecular formula is C13H14N2O. The molecule has 16 heavy (non-hydrogen) atoms. The Bertz CT molecular complexity index is 451. The van der Waals surface area contributed by atoms with Crippen molar-refractivity contribution in [2.45, 2.75) is 0 Å². The van der Waals surface area contributed by atoms with Crippen LogP contribution in [-0.2, 0) is 0 Å². The van der Waals surface area contributed by atoms with E-state index >= 15 is 0 Å². The lowest BCUT2D eigenvalue weighted by molar-refractivity contribution is 0.368. The van der Waals surface area contributed by atoms with Crippen LogP contribution in [0.25, 0.3) is 5.70 Å². The van der Waals surface area contributed by atoms with Gasteiger partial charge in [0.25, 0.3) is 0 Å². The van der Waals surface area contributed by atoms with Gasteiger partial charge in [0, 0.05) is 25.5 Å². The van der Waals surface area contributed by atoms with Crippen LogP contribution in [0.1, 0.15) is 5.56 Å². The number of hydrogen-bond donors (Lipinski definition) is 1. The SMILES string of the molecule is C#CCOc1ccccc1C(=C=N)N(C)C. The fourth-order valence-corrected chi connectivity index (χ4v) is 1.33. The van der Waals surface area contributed by atoms with E-state index < -0.39 is 0 Å². The van der Waals surface area contributed by atoms with Crippen LogP contribution in [0, 0.1) is 17.8 Å². The number of benzene rings is 1. The Labute approximate surface area is 95.9 Å². The number of rotatable bonds is 4. The average molecular weight is 214 g/mol. The normalized spacial score (nSPS) is 8.81. The van der Waals surface area contributed by atoms with Crippen molar-refractivity contribution in [1.29, 1.82) is 5.41 Å². The highest BCUT2D eigenvalue weighted by Crippen LogP contribution is 2.25. The molecule has 1 rings (SSSR count). The largest absolute Gasteiger partial charge is 0.480 e. The van der Waals surface area contributed by atoms with Gasteiger partial charge in [0.15, 0.2) is 0 Å². The summed E-state index contributed by atoms with van der Waals surface area (Å²) in [5.74, 6) is 5.48. The quantitative estimate of drug-likeness (QED) is 0.613. The Kier molecular flexibility index (Phi) is 4.20. The predicted molar refractivity (Wildman–Crippen MR) is 65.6 cm³/mol. The molecule has 0 saturated carbocycles. The molecule has 82 valence electrons. The van der Waals surface area contributed by atoms with E-state index in [0.717, 1.165) is 5.56 Å². The Balaban J connectivity index is 3.13. The van der Waals surface area contributed by atoms with Crippen molar-refractivity contribution in [3.05, 3.63) is 29.8 Å². The second-order valence-electron chi connectivity index (χ2n) is 3.36. The summed E-state index contributed by atoms with van der Waals surface area (Å²) in [6.07, 6.45) is 5.15. The predicted octanol–water partition coefficient (Wildman–Crippen LogP) is 1.85. The standard InChI is InChI=1S/C13H14N2O/c1-4-9-16-13-8-6-5-7-11(13)12(10-14)15(2)3/h1,5-8,14H,9H2,2-3H3. The number of terminal acetylenes is 1. The maximum absolute atomic E-state index is 7.28. The van der Waals surface area contributed by atoms with Crippen molar-refractivity contribution in [3.8, 4) is 18.1 Å². The van der Waals surface area contributed by atoms with Crippen LogP contribution in [-0.4, -0.2) is 31.5 Å². The Morgan fingerprint density at radius 1 is 1.44 bits per heavy atom. The van der Waals surface area contributed by atoms with E-state index in [9.17, 15) is 0 Å². The van der Waals surface area contributed by atoms with Gasteiger partial charge in [0.1, 0.15) is 18.1 Å². The van der Waals surface area contributed by atoms with Gasteiger partial charge in [0.2, 0.25) is 0 Å². The van der Waals surface area contributed by atoms with Gasteiger partial charge >= 0.3 is 0 Å². The summed E-state index contributed by atoms with van der Waals surface area (Å²) in [4.78, 5) is 1.81. The number of hydrogen-bond acceptors (Lipinski definition) is 3. The minimum Gasteiger partial charge on any atom is -0.480 e. The molecule has 0 heterocycles. The van der Waals surface area contributed by atoms with Crippen molar-refractivity contribution in [2.24, 2.45) is 0 Å². The molecule has 0 aliphatic carbocycles. The third-order valence-corrected chi connectivity index (χ3v) is 2.02. The van der Waals surface area contributed by atoms with Crippen LogP contribution in [0.4, 0.5) is 0 Å². The number of ether oxygens (including phenoxy) is 1. The van der Waals surface area contributed by atoms with Crippen molar-refractivity contribution in [3.63, 3.8) is 0 Å². The van der Waals surface area contributed by atoms with Crippen LogP contribution in [0.15, 0.2) is 24.3 Å². The molecule has 0 fully saturated rings. The van der Waals surface area contributed by atoms with Gasteiger partial charge in [-0.15, -0.1) is 6.42 Å². The summed E-state index contributed by atoms with van der Waals surface area (Å²) in [5.41, 5.74) is 1.48. The van der Waals surface area contributed by atoms with Gasteiger partial charge in [-0.1, -0.05) is 18.1 Å². The maximum Gasteiger partial charge on any atom is 0.148 e. The average Bonchev–Trinajstić information content (AvgIpc) is 2.28. The molecule has 0 aliphatic heterocycles. The topological polar surface area (TPSA) is 36.3 Å². The van der Waals surface area contributed by atoms with E-state index in [-0.39, 0.29) is 6.61 Å². The van der Waals surface area contributed by atoms with Crippen molar-refractivity contribution < 1.29 is 4.74 Å². The monoisotopic (exact) mass is 214 g/mol. The third kappa shape index (κ3) is 2.66. The first kappa shape index (κ1) is 11.9. The van der Waals surface area contributed by atoms with Crippen molar-refractivity contribution in [2.75, 3.05) is 20.7 Å². The van der Waals surface area contributed by atoms with Gasteiger partial charge in [0.05, 0.1) is 0 Å². The lowest BCUT2D eigenvalue weighted by Gasteiger charge is -2.17. The highest BCUT2D eigenvalue weighted by Gasteiger charge is 2.09. The highest BCUT2D eigenvalue weighted by molar-refractivity contribution is 5.89. The highest BCUT2D eigenvalue weighted by atomic mass is 16.5. The molecule has 0 atom stereocenters. The zero-order valence-corrected chi connectivity index (χ0v) is 9.45. The molecule has 0 aromatic heterocycles. The number of nitrogens with zero attached hydrogens (tertiary/aromatic N) is 1. The van der Waals surface area contributed by atoms with Crippen LogP contribution < -0.4 is 4.74 Å². The summed E-state index contributed by atoms with van der Waals surface area (Å²) in [7, 11) is 3.71. The number of para-hydroxylation sites is 1. The molecule has 0 spiro atoms. The van der Waals surface area contributed by atoms with Gasteiger partial charge < -0.3 is 9.64 Å². The van der Waals surface area contributed by atoms with Crippen LogP contribution in [0.3, 0.4) is 0 Å². The molecule has 1 aromatic carbocycles. The summed E-state index contributed by atoms with van der Waals surface area (Å²) in [6.45, 7) is 0.218. The first-order chi connectivity index (χ1) is 7.70. The van der Waals surface area contributed by atoms with Crippen LogP contribution in [0.5, 0.6) is 5.75 Å². The molecule has 0 bridgehead atoms. The van der Waals surface area contributed by atoms with Gasteiger partial charge in [-0.3, -0.25) is 5.41 Å². The van der Waals surface area contributed by atoms with E-state index in [1.165, 1.54) is 0 Å². The molecule has 0 unspecified atom stereocenters. The molecule has 0 saturated heterocycles. The molecule has 0 amide bonds. The zero-order valence-electron chi connectivity index (χ0n) is 9.45. The lowest BCUT2D eigenvalue weighted by atomic mass is 10.1. The van der Waals surface area contributed by atoms with Crippen LogP contribution in [0.2, 0.25) is 0 Å². The molecule has 1 N–H and O–H groups in total. The summed E-state index contributed by atoms with van der Waals surface area (Å²) in [6, 6.07) is 7.46. The van der Waals surface area contributed by atoms with Gasteiger partial charge in [-0.05, 0) is 12.1 Å². The Hall–Kier alpha value is -2.17. The number of nitrogens with one attached hydrogen (secondary N) is 1. The van der Waals surface area contributed by atoms with E-state index in [0.29, 0.717) is 11.4 Å². The summed E-state index contributed by atoms with van der Waals surface area (Å²) >= 11 is 0. The van der Waals surface area contributed by atoms with Crippen molar-refractivity contribution >= 4 is 11.6 Å². The first-order valence-electron chi connectivity index (χ1n) is 4.83. The Morgan fingerprint density at radius 3 is 2.69 bits per heavy atom. The third-order valence-electron chi connectivity index (χ3n) is 2.02. The van der Waals surface area contributed by atoms with Gasteiger partial charge in [-0.25, -0.2) is 0 Å². The smallest absolute Gasteiger partial charge is 0.148 e. The van der Waals surface area contributed by atoms with E-state index in [2.05, 4.69) is 11.8 Å². The van der Waals surface area contributed by atoms with E-state index in [1.54, 1.807) is 0 Å². The second-order valence-corrected chi connectivity index (χ2v) is 3.36. The van der Waals surface area contributed by atoms with E-state index in [4.69, 9.17) is 16.6 Å². The molecule has 3 nitrogen and oxygen atoms in total. The fourth-order valence-electron chi connectivity index (χ4n) is 1.33. The zero-order chi connectivity index (χ0) is 12.0. The van der Waals surface area contributed by atoms with Crippen LogP contribution >= 0.6 is 0 Å². The van der Waals surface area contributed by atoms with E-state index in [1.807, 2.05) is 43.3 Å². The fraction of sp³-hybridized carbons (Fsp3) is 0.231.